The number of carbonyl (C=O) groups excluding carboxylic acids is 2. The van der Waals surface area contributed by atoms with Crippen molar-refractivity contribution < 1.29 is 19.1 Å². The standard InChI is InChI=1S/C11H15N3O4S/c1-17-11(16)6-7(12)8(9(13)15)19-10(6)14-2-4-18-5-3-14/h2-5,12H2,1H3,(H2,13,15). The van der Waals surface area contributed by atoms with Gasteiger partial charge in [0.25, 0.3) is 5.91 Å². The summed E-state index contributed by atoms with van der Waals surface area (Å²) in [7, 11) is 1.27. The molecule has 0 saturated carbocycles. The number of rotatable bonds is 3. The maximum Gasteiger partial charge on any atom is 0.343 e. The predicted octanol–water partition coefficient (Wildman–Crippen LogP) is 0.0524. The Balaban J connectivity index is 2.48. The molecule has 2 heterocycles. The summed E-state index contributed by atoms with van der Waals surface area (Å²) >= 11 is 1.11. The third kappa shape index (κ3) is 2.49. The molecule has 4 N–H and O–H groups in total. The third-order valence-corrected chi connectivity index (χ3v) is 4.12. The lowest BCUT2D eigenvalue weighted by atomic mass is 10.2. The topological polar surface area (TPSA) is 108 Å². The van der Waals surface area contributed by atoms with Gasteiger partial charge in [0.1, 0.15) is 15.4 Å². The minimum absolute atomic E-state index is 0.0887. The molecule has 0 spiro atoms. The summed E-state index contributed by atoms with van der Waals surface area (Å²) in [6.07, 6.45) is 0. The Morgan fingerprint density at radius 2 is 2.00 bits per heavy atom. The van der Waals surface area contributed by atoms with Gasteiger partial charge < -0.3 is 25.8 Å². The largest absolute Gasteiger partial charge is 0.465 e. The Morgan fingerprint density at radius 1 is 1.37 bits per heavy atom. The zero-order chi connectivity index (χ0) is 14.0. The molecule has 1 aromatic rings. The van der Waals surface area contributed by atoms with Gasteiger partial charge in [-0.3, -0.25) is 4.79 Å². The van der Waals surface area contributed by atoms with E-state index in [9.17, 15) is 9.59 Å². The normalized spacial score (nSPS) is 15.3. The number of hydrogen-bond acceptors (Lipinski definition) is 7. The smallest absolute Gasteiger partial charge is 0.343 e. The number of nitrogen functional groups attached to an aromatic ring is 1. The number of carbonyl (C=O) groups is 2. The number of morpholine rings is 1. The van der Waals surface area contributed by atoms with Gasteiger partial charge in [-0.2, -0.15) is 0 Å². The highest BCUT2D eigenvalue weighted by Crippen LogP contribution is 2.38. The van der Waals surface area contributed by atoms with Crippen molar-refractivity contribution in [2.24, 2.45) is 5.73 Å². The van der Waals surface area contributed by atoms with Crippen molar-refractivity contribution in [1.29, 1.82) is 0 Å². The number of primary amides is 1. The van der Waals surface area contributed by atoms with E-state index < -0.39 is 11.9 Å². The molecule has 2 rings (SSSR count). The van der Waals surface area contributed by atoms with Crippen molar-refractivity contribution >= 4 is 33.9 Å². The Kier molecular flexibility index (Phi) is 3.91. The van der Waals surface area contributed by atoms with E-state index in [0.29, 0.717) is 31.3 Å². The van der Waals surface area contributed by atoms with Gasteiger partial charge in [0, 0.05) is 13.1 Å². The average Bonchev–Trinajstić information content (AvgIpc) is 2.77. The maximum atomic E-state index is 11.8. The van der Waals surface area contributed by atoms with Gasteiger partial charge in [0.15, 0.2) is 0 Å². The van der Waals surface area contributed by atoms with Gasteiger partial charge in [0.2, 0.25) is 0 Å². The Morgan fingerprint density at radius 3 is 2.53 bits per heavy atom. The quantitative estimate of drug-likeness (QED) is 0.760. The van der Waals surface area contributed by atoms with Crippen LogP contribution >= 0.6 is 11.3 Å². The fourth-order valence-corrected chi connectivity index (χ4v) is 3.02. The number of nitrogens with two attached hydrogens (primary N) is 2. The number of ether oxygens (including phenoxy) is 2. The summed E-state index contributed by atoms with van der Waals surface area (Å²) in [5.74, 6) is -1.21. The van der Waals surface area contributed by atoms with E-state index >= 15 is 0 Å². The first kappa shape index (κ1) is 13.6. The molecule has 0 aromatic carbocycles. The molecule has 0 unspecified atom stereocenters. The molecule has 19 heavy (non-hydrogen) atoms. The summed E-state index contributed by atoms with van der Waals surface area (Å²) in [5, 5.41) is 0.612. The van der Waals surface area contributed by atoms with Crippen LogP contribution in [0.15, 0.2) is 0 Å². The molecular weight excluding hydrogens is 270 g/mol. The van der Waals surface area contributed by atoms with Crippen LogP contribution in [0.4, 0.5) is 10.7 Å². The van der Waals surface area contributed by atoms with Crippen LogP contribution in [0, 0.1) is 0 Å². The van der Waals surface area contributed by atoms with Crippen molar-refractivity contribution in [3.63, 3.8) is 0 Å². The highest BCUT2D eigenvalue weighted by molar-refractivity contribution is 7.19. The van der Waals surface area contributed by atoms with E-state index in [1.165, 1.54) is 7.11 Å². The van der Waals surface area contributed by atoms with E-state index in [0.717, 1.165) is 11.3 Å². The molecule has 0 bridgehead atoms. The number of thiophene rings is 1. The SMILES string of the molecule is COC(=O)c1c(N2CCOCC2)sc(C(N)=O)c1N. The van der Waals surface area contributed by atoms with Crippen molar-refractivity contribution in [2.75, 3.05) is 44.0 Å². The van der Waals surface area contributed by atoms with E-state index in [4.69, 9.17) is 20.9 Å². The van der Waals surface area contributed by atoms with Crippen LogP contribution in [-0.4, -0.2) is 45.3 Å². The Hall–Kier alpha value is -1.80. The van der Waals surface area contributed by atoms with Crippen LogP contribution in [0.5, 0.6) is 0 Å². The fourth-order valence-electron chi connectivity index (χ4n) is 1.90. The van der Waals surface area contributed by atoms with Gasteiger partial charge in [0.05, 0.1) is 26.0 Å². The molecule has 1 aromatic heterocycles. The number of amides is 1. The summed E-state index contributed by atoms with van der Waals surface area (Å²) in [5.41, 5.74) is 11.4. The molecule has 7 nitrogen and oxygen atoms in total. The average molecular weight is 285 g/mol. The first-order chi connectivity index (χ1) is 9.06. The number of esters is 1. The zero-order valence-corrected chi connectivity index (χ0v) is 11.3. The van der Waals surface area contributed by atoms with Gasteiger partial charge in [-0.1, -0.05) is 0 Å². The zero-order valence-electron chi connectivity index (χ0n) is 10.5. The summed E-state index contributed by atoms with van der Waals surface area (Å²) in [6, 6.07) is 0. The predicted molar refractivity (Wildman–Crippen MR) is 71.6 cm³/mol. The molecule has 1 saturated heterocycles. The lowest BCUT2D eigenvalue weighted by molar-refractivity contribution is 0.0602. The van der Waals surface area contributed by atoms with Crippen molar-refractivity contribution in [2.45, 2.75) is 0 Å². The van der Waals surface area contributed by atoms with Crippen molar-refractivity contribution in [3.05, 3.63) is 10.4 Å². The number of nitrogens with zero attached hydrogens (tertiary/aromatic N) is 1. The molecule has 1 aliphatic heterocycles. The van der Waals surface area contributed by atoms with Gasteiger partial charge in [-0.25, -0.2) is 4.79 Å². The molecule has 1 fully saturated rings. The molecular formula is C11H15N3O4S. The van der Waals surface area contributed by atoms with Crippen LogP contribution < -0.4 is 16.4 Å². The van der Waals surface area contributed by atoms with Crippen LogP contribution in [-0.2, 0) is 9.47 Å². The van der Waals surface area contributed by atoms with Crippen LogP contribution in [0.1, 0.15) is 20.0 Å². The van der Waals surface area contributed by atoms with Gasteiger partial charge in [-0.15, -0.1) is 11.3 Å². The van der Waals surface area contributed by atoms with E-state index in [1.54, 1.807) is 0 Å². The highest BCUT2D eigenvalue weighted by atomic mass is 32.1. The van der Waals surface area contributed by atoms with Crippen LogP contribution in [0.25, 0.3) is 0 Å². The van der Waals surface area contributed by atoms with Gasteiger partial charge >= 0.3 is 5.97 Å². The molecule has 1 aliphatic rings. The highest BCUT2D eigenvalue weighted by Gasteiger charge is 2.28. The van der Waals surface area contributed by atoms with E-state index in [-0.39, 0.29) is 16.1 Å². The first-order valence-corrected chi connectivity index (χ1v) is 6.51. The second-order valence-electron chi connectivity index (χ2n) is 3.98. The number of anilines is 2. The second-order valence-corrected chi connectivity index (χ2v) is 4.98. The van der Waals surface area contributed by atoms with E-state index in [1.807, 2.05) is 4.90 Å². The summed E-state index contributed by atoms with van der Waals surface area (Å²) in [4.78, 5) is 25.3. The van der Waals surface area contributed by atoms with Crippen LogP contribution in [0.2, 0.25) is 0 Å². The molecule has 0 radical (unpaired) electrons. The molecule has 1 amide bonds. The molecule has 8 heteroatoms. The number of methoxy groups -OCH3 is 1. The Labute approximate surface area is 114 Å². The molecule has 0 aliphatic carbocycles. The minimum atomic E-state index is -0.646. The number of hydrogen-bond donors (Lipinski definition) is 2. The monoisotopic (exact) mass is 285 g/mol. The van der Waals surface area contributed by atoms with Crippen molar-refractivity contribution in [3.8, 4) is 0 Å². The first-order valence-electron chi connectivity index (χ1n) is 5.69. The van der Waals surface area contributed by atoms with Gasteiger partial charge in [-0.05, 0) is 0 Å². The lowest BCUT2D eigenvalue weighted by Crippen LogP contribution is -2.36. The van der Waals surface area contributed by atoms with Crippen molar-refractivity contribution in [1.82, 2.24) is 0 Å². The fraction of sp³-hybridized carbons (Fsp3) is 0.455. The minimum Gasteiger partial charge on any atom is -0.465 e. The lowest BCUT2D eigenvalue weighted by Gasteiger charge is -2.28. The second kappa shape index (κ2) is 5.45. The molecule has 0 atom stereocenters. The summed E-state index contributed by atoms with van der Waals surface area (Å²) in [6.45, 7) is 2.37. The maximum absolute atomic E-state index is 11.8. The summed E-state index contributed by atoms with van der Waals surface area (Å²) < 4.78 is 9.98. The third-order valence-electron chi connectivity index (χ3n) is 2.84. The Bertz CT molecular complexity index is 508. The van der Waals surface area contributed by atoms with E-state index in [2.05, 4.69) is 0 Å². The van der Waals surface area contributed by atoms with Crippen LogP contribution in [0.3, 0.4) is 0 Å². The molecule has 104 valence electrons.